The number of aromatic nitrogens is 2. The Morgan fingerprint density at radius 3 is 2.88 bits per heavy atom. The van der Waals surface area contributed by atoms with E-state index < -0.39 is 0 Å². The van der Waals surface area contributed by atoms with Gasteiger partial charge in [-0.2, -0.15) is 0 Å². The van der Waals surface area contributed by atoms with Gasteiger partial charge >= 0.3 is 0 Å². The van der Waals surface area contributed by atoms with E-state index in [1.54, 1.807) is 24.7 Å². The molecule has 6 nitrogen and oxygen atoms in total. The van der Waals surface area contributed by atoms with Crippen molar-refractivity contribution in [2.24, 2.45) is 5.73 Å². The number of amides is 1. The molecule has 1 amide bonds. The summed E-state index contributed by atoms with van der Waals surface area (Å²) >= 11 is 1.74. The number of carbonyl (C=O) groups is 1. The minimum absolute atomic E-state index is 0.257. The summed E-state index contributed by atoms with van der Waals surface area (Å²) in [5, 5.41) is 4.12. The van der Waals surface area contributed by atoms with Gasteiger partial charge in [-0.15, -0.1) is 11.3 Å². The molecule has 0 aliphatic heterocycles. The first-order chi connectivity index (χ1) is 12.7. The molecule has 0 radical (unpaired) electrons. The number of nitrogens with two attached hydrogens (primary N) is 1. The van der Waals surface area contributed by atoms with Crippen LogP contribution in [0.3, 0.4) is 0 Å². The molecule has 2 heterocycles. The number of fused-ring (bicyclic) bond motifs is 3. The zero-order valence-corrected chi connectivity index (χ0v) is 16.0. The van der Waals surface area contributed by atoms with Gasteiger partial charge in [0, 0.05) is 4.88 Å². The van der Waals surface area contributed by atoms with E-state index in [9.17, 15) is 4.79 Å². The maximum Gasteiger partial charge on any atom is 0.234 e. The molecule has 140 valence electrons. The van der Waals surface area contributed by atoms with E-state index in [1.807, 2.05) is 0 Å². The number of rotatable bonds is 6. The standard InChI is InChI=1S/C19H26N4O2S/c1-21-13(17(20)24)9-11-7-8-14-15(11)16-18(22-10-23-19(16)26-14)25-12-5-3-2-4-6-12/h10-13,21H,2-9H2,1H3,(H2,20,24)/t11-,13?/m1/s1. The topological polar surface area (TPSA) is 90.1 Å². The van der Waals surface area contributed by atoms with Crippen LogP contribution >= 0.6 is 11.3 Å². The summed E-state index contributed by atoms with van der Waals surface area (Å²) in [6.45, 7) is 0. The van der Waals surface area contributed by atoms with E-state index >= 15 is 0 Å². The zero-order valence-electron chi connectivity index (χ0n) is 15.2. The second kappa shape index (κ2) is 7.48. The van der Waals surface area contributed by atoms with Gasteiger partial charge < -0.3 is 15.8 Å². The number of likely N-dealkylation sites (N-methyl/N-ethyl adjacent to an activating group) is 1. The summed E-state index contributed by atoms with van der Waals surface area (Å²) in [6.07, 6.45) is 10.6. The fourth-order valence-corrected chi connectivity index (χ4v) is 5.60. The monoisotopic (exact) mass is 374 g/mol. The lowest BCUT2D eigenvalue weighted by Gasteiger charge is -2.23. The molecule has 1 unspecified atom stereocenters. The van der Waals surface area contributed by atoms with Crippen LogP contribution in [0, 0.1) is 0 Å². The molecule has 2 aliphatic rings. The second-order valence-corrected chi connectivity index (χ2v) is 8.47. The van der Waals surface area contributed by atoms with Crippen molar-refractivity contribution in [1.82, 2.24) is 15.3 Å². The van der Waals surface area contributed by atoms with Crippen molar-refractivity contribution in [3.8, 4) is 5.88 Å². The third-order valence-electron chi connectivity index (χ3n) is 5.74. The molecule has 0 aromatic carbocycles. The molecule has 4 rings (SSSR count). The van der Waals surface area contributed by atoms with Gasteiger partial charge in [0.15, 0.2) is 0 Å². The zero-order chi connectivity index (χ0) is 18.1. The Morgan fingerprint density at radius 1 is 1.35 bits per heavy atom. The van der Waals surface area contributed by atoms with Crippen LogP contribution in [0.15, 0.2) is 6.33 Å². The molecule has 2 aliphatic carbocycles. The van der Waals surface area contributed by atoms with Crippen LogP contribution in [0.2, 0.25) is 0 Å². The lowest BCUT2D eigenvalue weighted by molar-refractivity contribution is -0.120. The molecule has 0 spiro atoms. The van der Waals surface area contributed by atoms with E-state index in [0.29, 0.717) is 12.3 Å². The summed E-state index contributed by atoms with van der Waals surface area (Å²) in [5.74, 6) is 0.727. The molecule has 1 fully saturated rings. The van der Waals surface area contributed by atoms with E-state index in [4.69, 9.17) is 10.5 Å². The first-order valence-corrected chi connectivity index (χ1v) is 10.4. The summed E-state index contributed by atoms with van der Waals surface area (Å²) < 4.78 is 6.33. The van der Waals surface area contributed by atoms with Crippen LogP contribution in [0.1, 0.15) is 61.3 Å². The molecule has 0 saturated heterocycles. The number of nitrogens with zero attached hydrogens (tertiary/aromatic N) is 2. The number of thiophene rings is 1. The average molecular weight is 375 g/mol. The van der Waals surface area contributed by atoms with Gasteiger partial charge in [-0.05, 0) is 63.5 Å². The average Bonchev–Trinajstić information content (AvgIpc) is 3.20. The van der Waals surface area contributed by atoms with Crippen molar-refractivity contribution >= 4 is 27.5 Å². The SMILES string of the molecule is CNC(C[C@H]1CCc2sc3ncnc(OC4CCCCC4)c3c21)C(N)=O. The first kappa shape index (κ1) is 17.7. The third-order valence-corrected chi connectivity index (χ3v) is 6.91. The fraction of sp³-hybridized carbons (Fsp3) is 0.632. The van der Waals surface area contributed by atoms with Crippen LogP contribution in [0.25, 0.3) is 10.2 Å². The van der Waals surface area contributed by atoms with Gasteiger partial charge in [-0.3, -0.25) is 4.79 Å². The molecule has 3 N–H and O–H groups in total. The first-order valence-electron chi connectivity index (χ1n) is 9.57. The van der Waals surface area contributed by atoms with Crippen molar-refractivity contribution in [1.29, 1.82) is 0 Å². The Bertz CT molecular complexity index is 800. The lowest BCUT2D eigenvalue weighted by Crippen LogP contribution is -2.40. The molecule has 2 atom stereocenters. The smallest absolute Gasteiger partial charge is 0.234 e. The van der Waals surface area contributed by atoms with Crippen molar-refractivity contribution < 1.29 is 9.53 Å². The quantitative estimate of drug-likeness (QED) is 0.811. The van der Waals surface area contributed by atoms with E-state index in [0.717, 1.165) is 41.8 Å². The molecular weight excluding hydrogens is 348 g/mol. The second-order valence-electron chi connectivity index (χ2n) is 7.39. The number of aryl methyl sites for hydroxylation is 1. The van der Waals surface area contributed by atoms with Crippen molar-refractivity contribution in [3.63, 3.8) is 0 Å². The normalized spacial score (nSPS) is 21.7. The Hall–Kier alpha value is -1.73. The molecule has 1 saturated carbocycles. The fourth-order valence-electron chi connectivity index (χ4n) is 4.37. The Morgan fingerprint density at radius 2 is 2.15 bits per heavy atom. The van der Waals surface area contributed by atoms with Crippen LogP contribution in [-0.4, -0.2) is 35.1 Å². The van der Waals surface area contributed by atoms with Gasteiger partial charge in [-0.1, -0.05) is 6.42 Å². The predicted molar refractivity (Wildman–Crippen MR) is 103 cm³/mol. The van der Waals surface area contributed by atoms with Crippen LogP contribution in [0.4, 0.5) is 0 Å². The van der Waals surface area contributed by atoms with Crippen LogP contribution in [-0.2, 0) is 11.2 Å². The molecule has 0 bridgehead atoms. The number of primary amides is 1. The third kappa shape index (κ3) is 3.30. The summed E-state index contributed by atoms with van der Waals surface area (Å²) in [5.41, 5.74) is 6.83. The molecule has 2 aromatic heterocycles. The molecular formula is C19H26N4O2S. The number of carbonyl (C=O) groups excluding carboxylic acids is 1. The largest absolute Gasteiger partial charge is 0.474 e. The molecule has 7 heteroatoms. The van der Waals surface area contributed by atoms with Crippen LogP contribution in [0.5, 0.6) is 5.88 Å². The summed E-state index contributed by atoms with van der Waals surface area (Å²) in [7, 11) is 1.79. The highest BCUT2D eigenvalue weighted by atomic mass is 32.1. The lowest BCUT2D eigenvalue weighted by atomic mass is 9.93. The highest BCUT2D eigenvalue weighted by molar-refractivity contribution is 7.19. The van der Waals surface area contributed by atoms with Crippen LogP contribution < -0.4 is 15.8 Å². The number of hydrogen-bond acceptors (Lipinski definition) is 6. The van der Waals surface area contributed by atoms with Gasteiger partial charge in [-0.25, -0.2) is 9.97 Å². The van der Waals surface area contributed by atoms with E-state index in [1.165, 1.54) is 29.7 Å². The Balaban J connectivity index is 1.67. The summed E-state index contributed by atoms with van der Waals surface area (Å²) in [6, 6.07) is -0.312. The highest BCUT2D eigenvalue weighted by Crippen LogP contribution is 2.47. The molecule has 2 aromatic rings. The maximum absolute atomic E-state index is 11.7. The van der Waals surface area contributed by atoms with Crippen molar-refractivity contribution in [2.75, 3.05) is 7.05 Å². The van der Waals surface area contributed by atoms with Gasteiger partial charge in [0.2, 0.25) is 11.8 Å². The van der Waals surface area contributed by atoms with Gasteiger partial charge in [0.1, 0.15) is 17.3 Å². The Labute approximate surface area is 157 Å². The number of ether oxygens (including phenoxy) is 1. The van der Waals surface area contributed by atoms with Gasteiger partial charge in [0.25, 0.3) is 0 Å². The predicted octanol–water partition coefficient (Wildman–Crippen LogP) is 2.90. The van der Waals surface area contributed by atoms with Gasteiger partial charge in [0.05, 0.1) is 11.4 Å². The number of nitrogens with one attached hydrogen (secondary N) is 1. The Kier molecular flexibility index (Phi) is 5.09. The summed E-state index contributed by atoms with van der Waals surface area (Å²) in [4.78, 5) is 23.0. The van der Waals surface area contributed by atoms with E-state index in [-0.39, 0.29) is 18.1 Å². The van der Waals surface area contributed by atoms with Crippen molar-refractivity contribution in [2.45, 2.75) is 69.4 Å². The van der Waals surface area contributed by atoms with Crippen molar-refractivity contribution in [3.05, 3.63) is 16.8 Å². The maximum atomic E-state index is 11.7. The van der Waals surface area contributed by atoms with E-state index in [2.05, 4.69) is 15.3 Å². The minimum Gasteiger partial charge on any atom is -0.474 e. The number of hydrogen-bond donors (Lipinski definition) is 2. The highest BCUT2D eigenvalue weighted by Gasteiger charge is 2.33. The minimum atomic E-state index is -0.312. The molecule has 26 heavy (non-hydrogen) atoms.